The third kappa shape index (κ3) is 3.43. The first kappa shape index (κ1) is 15.1. The highest BCUT2D eigenvalue weighted by Gasteiger charge is 2.13. The molecule has 4 nitrogen and oxygen atoms in total. The normalized spacial score (nSPS) is 10.5. The average molecular weight is 317 g/mol. The molecule has 0 saturated carbocycles. The van der Waals surface area contributed by atoms with Gasteiger partial charge in [0, 0.05) is 35.8 Å². The van der Waals surface area contributed by atoms with Crippen LogP contribution in [-0.4, -0.2) is 4.92 Å². The van der Waals surface area contributed by atoms with E-state index in [2.05, 4.69) is 5.32 Å². The molecule has 1 N–H and O–H groups in total. The summed E-state index contributed by atoms with van der Waals surface area (Å²) in [5.74, 6) is -3.51. The second-order valence-corrected chi connectivity index (χ2v) is 4.54. The van der Waals surface area contributed by atoms with Crippen LogP contribution in [0.4, 0.5) is 24.5 Å². The zero-order valence-corrected chi connectivity index (χ0v) is 11.1. The lowest BCUT2D eigenvalue weighted by molar-refractivity contribution is -0.384. The van der Waals surface area contributed by atoms with Crippen molar-refractivity contribution in [2.24, 2.45) is 0 Å². The Morgan fingerprint density at radius 1 is 1.19 bits per heavy atom. The van der Waals surface area contributed by atoms with E-state index in [4.69, 9.17) is 11.6 Å². The summed E-state index contributed by atoms with van der Waals surface area (Å²) in [6.07, 6.45) is 0. The topological polar surface area (TPSA) is 55.2 Å². The van der Waals surface area contributed by atoms with E-state index in [1.54, 1.807) is 0 Å². The molecule has 0 aliphatic rings. The summed E-state index contributed by atoms with van der Waals surface area (Å²) in [4.78, 5) is 10.1. The third-order valence-corrected chi connectivity index (χ3v) is 3.07. The number of nitro benzene ring substituents is 1. The highest BCUT2D eigenvalue weighted by Crippen LogP contribution is 2.24. The lowest BCUT2D eigenvalue weighted by atomic mass is 10.2. The van der Waals surface area contributed by atoms with Gasteiger partial charge in [0.05, 0.1) is 10.6 Å². The van der Waals surface area contributed by atoms with Crippen LogP contribution in [0.1, 0.15) is 5.56 Å². The standard InChI is InChI=1S/C13H8ClF3N2O2/c14-10-2-1-9(19(20)21)3-7(10)6-18-12-5-8(15)4-11(16)13(12)17/h1-5,18H,6H2. The number of nitrogens with zero attached hydrogens (tertiary/aromatic N) is 1. The van der Waals surface area contributed by atoms with Crippen LogP contribution < -0.4 is 5.32 Å². The maximum atomic E-state index is 13.4. The van der Waals surface area contributed by atoms with Gasteiger partial charge in [0.15, 0.2) is 11.6 Å². The van der Waals surface area contributed by atoms with Gasteiger partial charge in [0.25, 0.3) is 5.69 Å². The molecule has 0 radical (unpaired) electrons. The highest BCUT2D eigenvalue weighted by molar-refractivity contribution is 6.31. The Kier molecular flexibility index (Phi) is 4.32. The molecular formula is C13H8ClF3N2O2. The molecule has 110 valence electrons. The molecule has 21 heavy (non-hydrogen) atoms. The maximum Gasteiger partial charge on any atom is 0.269 e. The number of benzene rings is 2. The zero-order valence-electron chi connectivity index (χ0n) is 10.4. The Hall–Kier alpha value is -2.28. The zero-order chi connectivity index (χ0) is 15.6. The van der Waals surface area contributed by atoms with Crippen LogP contribution in [-0.2, 0) is 6.54 Å². The van der Waals surface area contributed by atoms with E-state index in [9.17, 15) is 23.3 Å². The molecule has 2 rings (SSSR count). The van der Waals surface area contributed by atoms with Crippen molar-refractivity contribution in [1.82, 2.24) is 0 Å². The quantitative estimate of drug-likeness (QED) is 0.520. The van der Waals surface area contributed by atoms with Gasteiger partial charge in [-0.3, -0.25) is 10.1 Å². The number of non-ortho nitro benzene ring substituents is 1. The van der Waals surface area contributed by atoms with Gasteiger partial charge in [-0.05, 0) is 11.6 Å². The summed E-state index contributed by atoms with van der Waals surface area (Å²) >= 11 is 5.86. The SMILES string of the molecule is O=[N+]([O-])c1ccc(Cl)c(CNc2cc(F)cc(F)c2F)c1. The lowest BCUT2D eigenvalue weighted by Gasteiger charge is -2.09. The summed E-state index contributed by atoms with van der Waals surface area (Å²) in [5.41, 5.74) is -0.285. The van der Waals surface area contributed by atoms with Gasteiger partial charge >= 0.3 is 0 Å². The van der Waals surface area contributed by atoms with Crippen molar-refractivity contribution in [2.45, 2.75) is 6.54 Å². The lowest BCUT2D eigenvalue weighted by Crippen LogP contribution is -2.04. The van der Waals surface area contributed by atoms with Crippen molar-refractivity contribution in [1.29, 1.82) is 0 Å². The van der Waals surface area contributed by atoms with Crippen LogP contribution in [0.3, 0.4) is 0 Å². The van der Waals surface area contributed by atoms with Gasteiger partial charge in [0.2, 0.25) is 0 Å². The van der Waals surface area contributed by atoms with E-state index in [1.807, 2.05) is 0 Å². The number of halogens is 4. The van der Waals surface area contributed by atoms with E-state index >= 15 is 0 Å². The molecule has 2 aromatic rings. The smallest absolute Gasteiger partial charge is 0.269 e. The summed E-state index contributed by atoms with van der Waals surface area (Å²) < 4.78 is 39.5. The average Bonchev–Trinajstić information content (AvgIpc) is 2.42. The van der Waals surface area contributed by atoms with Crippen molar-refractivity contribution in [3.05, 3.63) is 68.5 Å². The van der Waals surface area contributed by atoms with E-state index in [1.165, 1.54) is 18.2 Å². The first-order valence-electron chi connectivity index (χ1n) is 5.69. The molecule has 0 aliphatic carbocycles. The van der Waals surface area contributed by atoms with E-state index in [-0.39, 0.29) is 17.3 Å². The van der Waals surface area contributed by atoms with Crippen LogP contribution in [0, 0.1) is 27.6 Å². The van der Waals surface area contributed by atoms with Crippen molar-refractivity contribution in [3.8, 4) is 0 Å². The molecule has 0 unspecified atom stereocenters. The van der Waals surface area contributed by atoms with Crippen LogP contribution in [0.5, 0.6) is 0 Å². The van der Waals surface area contributed by atoms with Crippen molar-refractivity contribution < 1.29 is 18.1 Å². The number of nitro groups is 1. The molecule has 0 spiro atoms. The molecule has 0 saturated heterocycles. The van der Waals surface area contributed by atoms with Crippen molar-refractivity contribution >= 4 is 23.0 Å². The Morgan fingerprint density at radius 2 is 1.90 bits per heavy atom. The summed E-state index contributed by atoms with van der Waals surface area (Å²) in [7, 11) is 0. The maximum absolute atomic E-state index is 13.4. The highest BCUT2D eigenvalue weighted by atomic mass is 35.5. The van der Waals surface area contributed by atoms with Crippen molar-refractivity contribution in [2.75, 3.05) is 5.32 Å². The molecule has 0 atom stereocenters. The molecular weight excluding hydrogens is 309 g/mol. The first-order chi connectivity index (χ1) is 9.88. The molecule has 8 heteroatoms. The number of anilines is 1. The minimum absolute atomic E-state index is 0.125. The second kappa shape index (κ2) is 6.01. The van der Waals surface area contributed by atoms with Crippen LogP contribution in [0.15, 0.2) is 30.3 Å². The second-order valence-electron chi connectivity index (χ2n) is 4.14. The van der Waals surface area contributed by atoms with E-state index in [0.29, 0.717) is 11.6 Å². The summed E-state index contributed by atoms with van der Waals surface area (Å²) in [6.45, 7) is -0.125. The fourth-order valence-electron chi connectivity index (χ4n) is 1.69. The predicted octanol–water partition coefficient (Wildman–Crippen LogP) is 4.28. The first-order valence-corrected chi connectivity index (χ1v) is 6.07. The summed E-state index contributed by atoms with van der Waals surface area (Å²) in [5, 5.41) is 13.3. The molecule has 0 bridgehead atoms. The minimum atomic E-state index is -1.33. The number of hydrogen-bond donors (Lipinski definition) is 1. The number of rotatable bonds is 4. The molecule has 0 fully saturated rings. The van der Waals surface area contributed by atoms with Crippen LogP contribution in [0.25, 0.3) is 0 Å². The summed E-state index contributed by atoms with van der Waals surface area (Å²) in [6, 6.07) is 4.93. The van der Waals surface area contributed by atoms with Crippen LogP contribution in [0.2, 0.25) is 5.02 Å². The largest absolute Gasteiger partial charge is 0.378 e. The Morgan fingerprint density at radius 3 is 2.57 bits per heavy atom. The minimum Gasteiger partial charge on any atom is -0.378 e. The van der Waals surface area contributed by atoms with Gasteiger partial charge in [-0.15, -0.1) is 0 Å². The van der Waals surface area contributed by atoms with Gasteiger partial charge < -0.3 is 5.32 Å². The van der Waals surface area contributed by atoms with Gasteiger partial charge in [-0.25, -0.2) is 13.2 Å². The molecule has 0 aromatic heterocycles. The Bertz CT molecular complexity index is 710. The van der Waals surface area contributed by atoms with Gasteiger partial charge in [0.1, 0.15) is 5.82 Å². The third-order valence-electron chi connectivity index (χ3n) is 2.70. The Balaban J connectivity index is 2.24. The van der Waals surface area contributed by atoms with E-state index < -0.39 is 28.1 Å². The van der Waals surface area contributed by atoms with Gasteiger partial charge in [-0.1, -0.05) is 11.6 Å². The van der Waals surface area contributed by atoms with Crippen LogP contribution >= 0.6 is 11.6 Å². The number of hydrogen-bond acceptors (Lipinski definition) is 3. The predicted molar refractivity (Wildman–Crippen MR) is 71.7 cm³/mol. The molecule has 2 aromatic carbocycles. The Labute approximate surface area is 122 Å². The fourth-order valence-corrected chi connectivity index (χ4v) is 1.87. The van der Waals surface area contributed by atoms with Gasteiger partial charge in [-0.2, -0.15) is 0 Å². The van der Waals surface area contributed by atoms with E-state index in [0.717, 1.165) is 6.07 Å². The molecule has 0 amide bonds. The number of nitrogens with one attached hydrogen (secondary N) is 1. The molecule has 0 aliphatic heterocycles. The fraction of sp³-hybridized carbons (Fsp3) is 0.0769. The van der Waals surface area contributed by atoms with Crippen molar-refractivity contribution in [3.63, 3.8) is 0 Å². The molecule has 0 heterocycles. The monoisotopic (exact) mass is 316 g/mol.